The van der Waals surface area contributed by atoms with E-state index in [0.29, 0.717) is 23.0 Å². The maximum absolute atomic E-state index is 12.5. The van der Waals surface area contributed by atoms with Crippen LogP contribution >= 0.6 is 11.8 Å². The molecule has 1 aromatic heterocycles. The summed E-state index contributed by atoms with van der Waals surface area (Å²) in [6.45, 7) is 3.98. The first-order valence-corrected chi connectivity index (χ1v) is 8.93. The normalized spacial score (nSPS) is 20.1. The largest absolute Gasteiger partial charge is 0.465 e. The zero-order chi connectivity index (χ0) is 14.0. The minimum Gasteiger partial charge on any atom is -0.465 e. The minimum absolute atomic E-state index is 0.0343. The molecule has 1 unspecified atom stereocenters. The van der Waals surface area contributed by atoms with E-state index in [1.807, 2.05) is 0 Å². The summed E-state index contributed by atoms with van der Waals surface area (Å²) in [5, 5.41) is 2.99. The van der Waals surface area contributed by atoms with Crippen LogP contribution in [0.25, 0.3) is 0 Å². The van der Waals surface area contributed by atoms with Crippen LogP contribution in [0.3, 0.4) is 0 Å². The summed E-state index contributed by atoms with van der Waals surface area (Å²) in [4.78, 5) is 0.302. The average molecular weight is 304 g/mol. The molecule has 0 saturated carbocycles. The van der Waals surface area contributed by atoms with E-state index in [4.69, 9.17) is 4.42 Å². The molecule has 1 aliphatic rings. The van der Waals surface area contributed by atoms with E-state index in [2.05, 4.69) is 10.0 Å². The van der Waals surface area contributed by atoms with Crippen molar-refractivity contribution in [1.82, 2.24) is 10.0 Å². The van der Waals surface area contributed by atoms with Gasteiger partial charge in [0.2, 0.25) is 10.0 Å². The summed E-state index contributed by atoms with van der Waals surface area (Å²) in [7, 11) is -1.71. The Labute approximate surface area is 118 Å². The number of rotatable bonds is 5. The van der Waals surface area contributed by atoms with E-state index in [9.17, 15) is 8.42 Å². The first-order chi connectivity index (χ1) is 8.95. The molecule has 7 heteroatoms. The SMILES string of the molecule is CNCc1c(C)oc(C)c1S(=O)(=O)NC1CCSC1. The highest BCUT2D eigenvalue weighted by Crippen LogP contribution is 2.28. The van der Waals surface area contributed by atoms with Gasteiger partial charge in [0.05, 0.1) is 0 Å². The second-order valence-corrected chi connectivity index (χ2v) is 7.53. The van der Waals surface area contributed by atoms with Crippen molar-refractivity contribution in [3.8, 4) is 0 Å². The second-order valence-electron chi connectivity index (χ2n) is 4.73. The van der Waals surface area contributed by atoms with Gasteiger partial charge in [-0.3, -0.25) is 0 Å². The number of hydrogen-bond acceptors (Lipinski definition) is 5. The maximum atomic E-state index is 12.5. The third-order valence-electron chi connectivity index (χ3n) is 3.20. The van der Waals surface area contributed by atoms with Crippen molar-refractivity contribution in [3.05, 3.63) is 17.1 Å². The molecule has 108 valence electrons. The van der Waals surface area contributed by atoms with Gasteiger partial charge in [-0.25, -0.2) is 13.1 Å². The van der Waals surface area contributed by atoms with Crippen LogP contribution < -0.4 is 10.0 Å². The van der Waals surface area contributed by atoms with Crippen molar-refractivity contribution in [2.75, 3.05) is 18.6 Å². The summed E-state index contributed by atoms with van der Waals surface area (Å²) >= 11 is 1.78. The Morgan fingerprint density at radius 1 is 1.37 bits per heavy atom. The van der Waals surface area contributed by atoms with Gasteiger partial charge in [0, 0.05) is 23.9 Å². The third kappa shape index (κ3) is 3.16. The number of nitrogens with one attached hydrogen (secondary N) is 2. The zero-order valence-corrected chi connectivity index (χ0v) is 13.1. The predicted octanol–water partition coefficient (Wildman–Crippen LogP) is 1.40. The van der Waals surface area contributed by atoms with Gasteiger partial charge >= 0.3 is 0 Å². The molecule has 1 aliphatic heterocycles. The quantitative estimate of drug-likeness (QED) is 0.860. The lowest BCUT2D eigenvalue weighted by atomic mass is 10.2. The standard InChI is InChI=1S/C12H20N2O3S2/c1-8-11(6-13-3)12(9(2)17-8)19(15,16)14-10-4-5-18-7-10/h10,13-14H,4-7H2,1-3H3. The molecule has 0 bridgehead atoms. The molecule has 2 heterocycles. The molecule has 1 atom stereocenters. The average Bonchev–Trinajstić information content (AvgIpc) is 2.88. The molecule has 5 nitrogen and oxygen atoms in total. The topological polar surface area (TPSA) is 71.3 Å². The van der Waals surface area contributed by atoms with Crippen molar-refractivity contribution in [2.24, 2.45) is 0 Å². The fourth-order valence-electron chi connectivity index (χ4n) is 2.35. The van der Waals surface area contributed by atoms with E-state index in [1.165, 1.54) is 0 Å². The second kappa shape index (κ2) is 5.87. The molecule has 1 aromatic rings. The van der Waals surface area contributed by atoms with Gasteiger partial charge in [-0.1, -0.05) is 0 Å². The monoisotopic (exact) mass is 304 g/mol. The summed E-state index contributed by atoms with van der Waals surface area (Å²) in [5.74, 6) is 2.98. The predicted molar refractivity (Wildman–Crippen MR) is 77.0 cm³/mol. The molecule has 0 aliphatic carbocycles. The van der Waals surface area contributed by atoms with Crippen LogP contribution in [0.4, 0.5) is 0 Å². The lowest BCUT2D eigenvalue weighted by Gasteiger charge is -2.12. The lowest BCUT2D eigenvalue weighted by Crippen LogP contribution is -2.35. The van der Waals surface area contributed by atoms with Gasteiger partial charge in [0.1, 0.15) is 16.4 Å². The minimum atomic E-state index is -3.50. The molecular formula is C12H20N2O3S2. The van der Waals surface area contributed by atoms with Crippen molar-refractivity contribution >= 4 is 21.8 Å². The van der Waals surface area contributed by atoms with Gasteiger partial charge in [-0.2, -0.15) is 11.8 Å². The first kappa shape index (κ1) is 14.9. The van der Waals surface area contributed by atoms with Crippen LogP contribution in [0.5, 0.6) is 0 Å². The van der Waals surface area contributed by atoms with Crippen LogP contribution in [0.1, 0.15) is 23.5 Å². The molecule has 0 radical (unpaired) electrons. The smallest absolute Gasteiger partial charge is 0.244 e. The van der Waals surface area contributed by atoms with E-state index in [1.54, 1.807) is 32.7 Å². The Kier molecular flexibility index (Phi) is 4.60. The van der Waals surface area contributed by atoms with Crippen molar-refractivity contribution in [3.63, 3.8) is 0 Å². The molecule has 2 N–H and O–H groups in total. The van der Waals surface area contributed by atoms with Crippen LogP contribution in [-0.2, 0) is 16.6 Å². The number of sulfonamides is 1. The fourth-order valence-corrected chi connectivity index (χ4v) is 5.32. The van der Waals surface area contributed by atoms with E-state index in [0.717, 1.165) is 23.5 Å². The van der Waals surface area contributed by atoms with E-state index < -0.39 is 10.0 Å². The number of thioether (sulfide) groups is 1. The van der Waals surface area contributed by atoms with Gasteiger partial charge < -0.3 is 9.73 Å². The summed E-state index contributed by atoms with van der Waals surface area (Å²) < 4.78 is 33.3. The van der Waals surface area contributed by atoms with Crippen molar-refractivity contribution in [1.29, 1.82) is 0 Å². The van der Waals surface area contributed by atoms with Gasteiger partial charge in [-0.15, -0.1) is 0 Å². The molecule has 0 amide bonds. The third-order valence-corrected chi connectivity index (χ3v) is 6.08. The van der Waals surface area contributed by atoms with Crippen molar-refractivity contribution < 1.29 is 12.8 Å². The van der Waals surface area contributed by atoms with Crippen LogP contribution in [-0.4, -0.2) is 33.0 Å². The van der Waals surface area contributed by atoms with E-state index in [-0.39, 0.29) is 6.04 Å². The molecule has 0 spiro atoms. The maximum Gasteiger partial charge on any atom is 0.244 e. The summed E-state index contributed by atoms with van der Waals surface area (Å²) in [5.41, 5.74) is 0.721. The molecule has 0 aromatic carbocycles. The fraction of sp³-hybridized carbons (Fsp3) is 0.667. The molecule has 1 fully saturated rings. The van der Waals surface area contributed by atoms with Crippen LogP contribution in [0.2, 0.25) is 0 Å². The molecular weight excluding hydrogens is 284 g/mol. The molecule has 1 saturated heterocycles. The van der Waals surface area contributed by atoms with Gasteiger partial charge in [0.15, 0.2) is 0 Å². The van der Waals surface area contributed by atoms with Crippen LogP contribution in [0.15, 0.2) is 9.31 Å². The molecule has 2 rings (SSSR count). The number of aryl methyl sites for hydroxylation is 2. The summed E-state index contributed by atoms with van der Waals surface area (Å²) in [6.07, 6.45) is 0.890. The Bertz CT molecular complexity index is 546. The van der Waals surface area contributed by atoms with Crippen LogP contribution in [0, 0.1) is 13.8 Å². The Morgan fingerprint density at radius 2 is 2.11 bits per heavy atom. The Balaban J connectivity index is 2.33. The highest BCUT2D eigenvalue weighted by Gasteiger charge is 2.29. The highest BCUT2D eigenvalue weighted by molar-refractivity contribution is 7.99. The molecule has 19 heavy (non-hydrogen) atoms. The lowest BCUT2D eigenvalue weighted by molar-refractivity contribution is 0.492. The Morgan fingerprint density at radius 3 is 2.68 bits per heavy atom. The van der Waals surface area contributed by atoms with Crippen molar-refractivity contribution in [2.45, 2.75) is 37.8 Å². The zero-order valence-electron chi connectivity index (χ0n) is 11.4. The first-order valence-electron chi connectivity index (χ1n) is 6.29. The highest BCUT2D eigenvalue weighted by atomic mass is 32.2. The number of hydrogen-bond donors (Lipinski definition) is 2. The van der Waals surface area contributed by atoms with Gasteiger partial charge in [-0.05, 0) is 33.1 Å². The van der Waals surface area contributed by atoms with Gasteiger partial charge in [0.25, 0.3) is 0 Å². The summed E-state index contributed by atoms with van der Waals surface area (Å²) in [6, 6.07) is 0.0343. The number of furan rings is 1. The van der Waals surface area contributed by atoms with E-state index >= 15 is 0 Å². The Hall–Kier alpha value is -0.500.